The molecule has 2 nitrogen and oxygen atoms in total. The van der Waals surface area contributed by atoms with Crippen molar-refractivity contribution < 1.29 is 9.47 Å². The van der Waals surface area contributed by atoms with E-state index < -0.39 is 5.79 Å². The fourth-order valence-corrected chi connectivity index (χ4v) is 3.22. The van der Waals surface area contributed by atoms with Gasteiger partial charge in [-0.2, -0.15) is 0 Å². The molecule has 0 amide bonds. The third-order valence-electron chi connectivity index (χ3n) is 3.43. The van der Waals surface area contributed by atoms with Gasteiger partial charge >= 0.3 is 0 Å². The van der Waals surface area contributed by atoms with Gasteiger partial charge in [0.2, 0.25) is 5.79 Å². The highest BCUT2D eigenvalue weighted by atomic mass is 79.9. The van der Waals surface area contributed by atoms with Crippen molar-refractivity contribution in [1.82, 2.24) is 0 Å². The lowest BCUT2D eigenvalue weighted by atomic mass is 10.1. The van der Waals surface area contributed by atoms with Gasteiger partial charge in [-0.25, -0.2) is 0 Å². The summed E-state index contributed by atoms with van der Waals surface area (Å²) in [5.74, 6) is -0.695. The van der Waals surface area contributed by atoms with E-state index in [0.29, 0.717) is 11.9 Å². The van der Waals surface area contributed by atoms with Crippen LogP contribution in [0.4, 0.5) is 0 Å². The molecular formula is C16H14Br2O2. The summed E-state index contributed by atoms with van der Waals surface area (Å²) in [5.41, 5.74) is 2.17. The summed E-state index contributed by atoms with van der Waals surface area (Å²) in [6.45, 7) is 0.558. The van der Waals surface area contributed by atoms with Gasteiger partial charge in [-0.05, 0) is 17.7 Å². The molecule has 4 heteroatoms. The van der Waals surface area contributed by atoms with Gasteiger partial charge in [-0.1, -0.05) is 74.3 Å². The Morgan fingerprint density at radius 3 is 2.40 bits per heavy atom. The molecule has 0 bridgehead atoms. The molecule has 20 heavy (non-hydrogen) atoms. The van der Waals surface area contributed by atoms with Crippen LogP contribution in [0, 0.1) is 0 Å². The van der Waals surface area contributed by atoms with Gasteiger partial charge in [0.15, 0.2) is 0 Å². The van der Waals surface area contributed by atoms with E-state index in [4.69, 9.17) is 9.47 Å². The molecule has 2 aromatic carbocycles. The second-order valence-corrected chi connectivity index (χ2v) is 6.20. The first kappa shape index (κ1) is 14.3. The van der Waals surface area contributed by atoms with Crippen LogP contribution in [-0.4, -0.2) is 11.9 Å². The highest BCUT2D eigenvalue weighted by Crippen LogP contribution is 2.41. The molecule has 1 aliphatic rings. The highest BCUT2D eigenvalue weighted by Gasteiger charge is 2.42. The zero-order valence-electron chi connectivity index (χ0n) is 10.8. The molecule has 0 radical (unpaired) electrons. The minimum Gasteiger partial charge on any atom is -0.342 e. The van der Waals surface area contributed by atoms with Crippen molar-refractivity contribution >= 4 is 31.9 Å². The van der Waals surface area contributed by atoms with Crippen LogP contribution >= 0.6 is 31.9 Å². The number of halogens is 2. The Kier molecular flexibility index (Phi) is 4.26. The quantitative estimate of drug-likeness (QED) is 0.693. The molecule has 0 saturated carbocycles. The van der Waals surface area contributed by atoms with E-state index in [-0.39, 0.29) is 6.10 Å². The molecule has 1 aliphatic heterocycles. The van der Waals surface area contributed by atoms with Gasteiger partial charge < -0.3 is 9.47 Å². The fourth-order valence-electron chi connectivity index (χ4n) is 2.34. The summed E-state index contributed by atoms with van der Waals surface area (Å²) in [6.07, 6.45) is -0.0409. The number of benzene rings is 2. The maximum Gasteiger partial charge on any atom is 0.205 e. The van der Waals surface area contributed by atoms with Gasteiger partial charge in [-0.3, -0.25) is 0 Å². The Hall–Kier alpha value is -0.680. The molecule has 1 fully saturated rings. The van der Waals surface area contributed by atoms with E-state index >= 15 is 0 Å². The summed E-state index contributed by atoms with van der Waals surface area (Å²) in [6, 6.07) is 18.2. The van der Waals surface area contributed by atoms with Crippen LogP contribution in [0.3, 0.4) is 0 Å². The maximum atomic E-state index is 6.23. The maximum absolute atomic E-state index is 6.23. The van der Waals surface area contributed by atoms with E-state index in [1.165, 1.54) is 0 Å². The summed E-state index contributed by atoms with van der Waals surface area (Å²) in [5, 5.41) is 0.608. The Morgan fingerprint density at radius 2 is 1.75 bits per heavy atom. The van der Waals surface area contributed by atoms with Crippen LogP contribution in [0.1, 0.15) is 17.2 Å². The predicted octanol–water partition coefficient (Wildman–Crippen LogP) is 4.78. The van der Waals surface area contributed by atoms with E-state index in [2.05, 4.69) is 44.0 Å². The lowest BCUT2D eigenvalue weighted by Crippen LogP contribution is -2.29. The van der Waals surface area contributed by atoms with Gasteiger partial charge in [0.05, 0.1) is 11.9 Å². The summed E-state index contributed by atoms with van der Waals surface area (Å²) in [7, 11) is 0. The second kappa shape index (κ2) is 5.98. The normalized spacial score (nSPS) is 25.8. The van der Waals surface area contributed by atoms with Gasteiger partial charge in [0, 0.05) is 10.0 Å². The number of ether oxygens (including phenoxy) is 2. The van der Waals surface area contributed by atoms with Crippen LogP contribution < -0.4 is 0 Å². The minimum absolute atomic E-state index is 0.0409. The van der Waals surface area contributed by atoms with E-state index in [0.717, 1.165) is 15.6 Å². The smallest absolute Gasteiger partial charge is 0.205 e. The predicted molar refractivity (Wildman–Crippen MR) is 85.8 cm³/mol. The van der Waals surface area contributed by atoms with E-state index in [9.17, 15) is 0 Å². The number of alkyl halides is 1. The van der Waals surface area contributed by atoms with Crippen molar-refractivity contribution in [2.45, 2.75) is 11.9 Å². The van der Waals surface area contributed by atoms with Gasteiger partial charge in [0.25, 0.3) is 0 Å². The first-order valence-electron chi connectivity index (χ1n) is 6.42. The molecule has 1 saturated heterocycles. The van der Waals surface area contributed by atoms with Crippen LogP contribution in [0.2, 0.25) is 0 Å². The van der Waals surface area contributed by atoms with Crippen LogP contribution in [0.25, 0.3) is 0 Å². The third kappa shape index (κ3) is 2.70. The molecule has 0 unspecified atom stereocenters. The van der Waals surface area contributed by atoms with Crippen molar-refractivity contribution in [3.63, 3.8) is 0 Å². The fraction of sp³-hybridized carbons (Fsp3) is 0.250. The lowest BCUT2D eigenvalue weighted by Gasteiger charge is -2.26. The van der Waals surface area contributed by atoms with Crippen molar-refractivity contribution in [2.24, 2.45) is 0 Å². The van der Waals surface area contributed by atoms with Gasteiger partial charge in [0.1, 0.15) is 6.10 Å². The molecule has 104 valence electrons. The first-order valence-corrected chi connectivity index (χ1v) is 8.34. The Labute approximate surface area is 135 Å². The molecular weight excluding hydrogens is 384 g/mol. The Morgan fingerprint density at radius 1 is 1.05 bits per heavy atom. The largest absolute Gasteiger partial charge is 0.342 e. The number of rotatable bonds is 3. The van der Waals surface area contributed by atoms with Crippen molar-refractivity contribution in [3.05, 3.63) is 70.2 Å². The summed E-state index contributed by atoms with van der Waals surface area (Å²) >= 11 is 6.97. The topological polar surface area (TPSA) is 18.5 Å². The van der Waals surface area contributed by atoms with Crippen LogP contribution in [-0.2, 0) is 15.3 Å². The van der Waals surface area contributed by atoms with Crippen molar-refractivity contribution in [2.75, 3.05) is 11.9 Å². The lowest BCUT2D eigenvalue weighted by molar-refractivity contribution is -0.157. The molecule has 2 atom stereocenters. The molecule has 0 spiro atoms. The molecule has 0 aliphatic carbocycles. The average Bonchev–Trinajstić information content (AvgIpc) is 2.95. The van der Waals surface area contributed by atoms with Gasteiger partial charge in [-0.15, -0.1) is 0 Å². The molecule has 2 aromatic rings. The Bertz CT molecular complexity index is 571. The SMILES string of the molecule is BrC[C@]1(c2ccccc2)OC[C@H](c2ccc(Br)cc2)O1. The standard InChI is InChI=1S/C16H14Br2O2/c17-11-16(13-4-2-1-3-5-13)19-10-15(20-16)12-6-8-14(18)9-7-12/h1-9,15H,10-11H2/t15-,16+/m1/s1. The third-order valence-corrected chi connectivity index (χ3v) is 4.70. The molecule has 0 N–H and O–H groups in total. The van der Waals surface area contributed by atoms with Crippen molar-refractivity contribution in [1.29, 1.82) is 0 Å². The zero-order valence-corrected chi connectivity index (χ0v) is 13.9. The molecule has 0 aromatic heterocycles. The molecule has 1 heterocycles. The number of hydrogen-bond acceptors (Lipinski definition) is 2. The zero-order chi connectivity index (χ0) is 14.0. The van der Waals surface area contributed by atoms with E-state index in [1.54, 1.807) is 0 Å². The van der Waals surface area contributed by atoms with E-state index in [1.807, 2.05) is 42.5 Å². The Balaban J connectivity index is 1.86. The summed E-state index contributed by atoms with van der Waals surface area (Å²) < 4.78 is 13.3. The van der Waals surface area contributed by atoms with Crippen LogP contribution in [0.5, 0.6) is 0 Å². The highest BCUT2D eigenvalue weighted by molar-refractivity contribution is 9.10. The number of hydrogen-bond donors (Lipinski definition) is 0. The molecule has 3 rings (SSSR count). The summed E-state index contributed by atoms with van der Waals surface area (Å²) in [4.78, 5) is 0. The minimum atomic E-state index is -0.695. The van der Waals surface area contributed by atoms with Crippen molar-refractivity contribution in [3.8, 4) is 0 Å². The van der Waals surface area contributed by atoms with Crippen LogP contribution in [0.15, 0.2) is 59.1 Å². The second-order valence-electron chi connectivity index (χ2n) is 4.72. The monoisotopic (exact) mass is 396 g/mol. The average molecular weight is 398 g/mol. The first-order chi connectivity index (χ1) is 9.73.